The molecule has 2 aromatic heterocycles. The lowest BCUT2D eigenvalue weighted by atomic mass is 10.1. The van der Waals surface area contributed by atoms with Gasteiger partial charge in [-0.3, -0.25) is 19.4 Å². The maximum atomic E-state index is 13.6. The number of amides is 2. The van der Waals surface area contributed by atoms with Gasteiger partial charge in [0.15, 0.2) is 5.76 Å². The average Bonchev–Trinajstić information content (AvgIpc) is 3.85. The van der Waals surface area contributed by atoms with E-state index in [1.807, 2.05) is 98.6 Å². The molecule has 3 N–H and O–H groups in total. The van der Waals surface area contributed by atoms with Crippen molar-refractivity contribution in [1.29, 1.82) is 0 Å². The Balaban J connectivity index is 0.000000350. The van der Waals surface area contributed by atoms with Gasteiger partial charge in [0.1, 0.15) is 30.6 Å². The summed E-state index contributed by atoms with van der Waals surface area (Å²) in [4.78, 5) is 54.0. The van der Waals surface area contributed by atoms with Crippen LogP contribution in [0.2, 0.25) is 0 Å². The third kappa shape index (κ3) is 18.6. The lowest BCUT2D eigenvalue weighted by Gasteiger charge is -2.40. The number of rotatable bonds is 21. The van der Waals surface area contributed by atoms with E-state index in [9.17, 15) is 18.8 Å². The summed E-state index contributed by atoms with van der Waals surface area (Å²) in [6, 6.07) is 34.8. The Morgan fingerprint density at radius 1 is 0.870 bits per heavy atom. The van der Waals surface area contributed by atoms with E-state index in [0.717, 1.165) is 34.9 Å². The van der Waals surface area contributed by atoms with Gasteiger partial charge in [-0.05, 0) is 73.0 Å². The van der Waals surface area contributed by atoms with Crippen molar-refractivity contribution in [2.75, 3.05) is 19.6 Å². The van der Waals surface area contributed by atoms with E-state index in [1.165, 1.54) is 67.5 Å². The molecule has 3 heterocycles. The molecule has 0 bridgehead atoms. The molecular formula is C55H68FN7O6. The number of benzene rings is 4. The third-order valence-electron chi connectivity index (χ3n) is 11.3. The van der Waals surface area contributed by atoms with Crippen molar-refractivity contribution in [3.05, 3.63) is 163 Å². The summed E-state index contributed by atoms with van der Waals surface area (Å²) < 4.78 is 24.2. The Kier molecular flexibility index (Phi) is 24.2. The normalized spacial score (nSPS) is 13.1. The van der Waals surface area contributed by atoms with E-state index < -0.39 is 6.17 Å². The van der Waals surface area contributed by atoms with Gasteiger partial charge in [0.2, 0.25) is 11.8 Å². The first-order valence-electron chi connectivity index (χ1n) is 23.6. The summed E-state index contributed by atoms with van der Waals surface area (Å²) in [5.74, 6) is 0.244. The molecule has 1 atom stereocenters. The number of nitrogens with two attached hydrogens (primary N) is 1. The fourth-order valence-corrected chi connectivity index (χ4v) is 7.65. The molecule has 0 spiro atoms. The van der Waals surface area contributed by atoms with Crippen molar-refractivity contribution in [3.63, 3.8) is 0 Å². The molecule has 0 aliphatic carbocycles. The van der Waals surface area contributed by atoms with Gasteiger partial charge in [-0.1, -0.05) is 130 Å². The fraction of sp³-hybridized carbons (Fsp3) is 0.345. The molecule has 1 aliphatic rings. The number of ether oxygens (including phenoxy) is 1. The monoisotopic (exact) mass is 942 g/mol. The zero-order chi connectivity index (χ0) is 49.8. The van der Waals surface area contributed by atoms with E-state index in [4.69, 9.17) is 19.8 Å². The summed E-state index contributed by atoms with van der Waals surface area (Å²) in [6.45, 7) is 13.4. The number of hydrogen-bond donors (Lipinski definition) is 2. The first-order chi connectivity index (χ1) is 33.6. The predicted molar refractivity (Wildman–Crippen MR) is 269 cm³/mol. The van der Waals surface area contributed by atoms with Crippen LogP contribution in [0.1, 0.15) is 93.6 Å². The lowest BCUT2D eigenvalue weighted by Crippen LogP contribution is -2.62. The lowest BCUT2D eigenvalue weighted by molar-refractivity contribution is -0.150. The fourth-order valence-electron chi connectivity index (χ4n) is 7.65. The molecule has 13 nitrogen and oxygen atoms in total. The highest BCUT2D eigenvalue weighted by Crippen LogP contribution is 2.23. The molecule has 0 radical (unpaired) electrons. The van der Waals surface area contributed by atoms with E-state index in [-0.39, 0.29) is 49.8 Å². The van der Waals surface area contributed by atoms with Crippen LogP contribution < -0.4 is 15.9 Å². The van der Waals surface area contributed by atoms with E-state index in [0.29, 0.717) is 42.3 Å². The van der Waals surface area contributed by atoms with Gasteiger partial charge in [0.05, 0.1) is 31.3 Å². The van der Waals surface area contributed by atoms with Crippen LogP contribution in [0.15, 0.2) is 139 Å². The maximum absolute atomic E-state index is 13.6. The molecule has 0 saturated carbocycles. The topological polar surface area (TPSA) is 164 Å². The summed E-state index contributed by atoms with van der Waals surface area (Å²) >= 11 is 0. The predicted octanol–water partition coefficient (Wildman–Crippen LogP) is 10.1. The molecule has 4 aromatic carbocycles. The third-order valence-corrected chi connectivity index (χ3v) is 11.3. The second-order valence-corrected chi connectivity index (χ2v) is 16.6. The highest BCUT2D eigenvalue weighted by atomic mass is 19.1. The zero-order valence-electron chi connectivity index (χ0n) is 40.2. The number of nitrogens with zero attached hydrogens (tertiary/aromatic N) is 5. The Hall–Kier alpha value is -6.87. The average molecular weight is 942 g/mol. The van der Waals surface area contributed by atoms with Crippen LogP contribution >= 0.6 is 0 Å². The molecule has 2 amide bonds. The van der Waals surface area contributed by atoms with Gasteiger partial charge in [-0.15, -0.1) is 13.2 Å². The van der Waals surface area contributed by atoms with E-state index >= 15 is 0 Å². The van der Waals surface area contributed by atoms with Gasteiger partial charge in [0.25, 0.3) is 0 Å². The smallest absolute Gasteiger partial charge is 0.311 e. The minimum atomic E-state index is -0.667. The number of aromatic nitrogens is 2. The van der Waals surface area contributed by atoms with Crippen LogP contribution in [-0.4, -0.2) is 75.3 Å². The molecule has 7 rings (SSSR count). The summed E-state index contributed by atoms with van der Waals surface area (Å²) in [7, 11) is 0. The van der Waals surface area contributed by atoms with Gasteiger partial charge in [0, 0.05) is 42.7 Å². The van der Waals surface area contributed by atoms with E-state index in [2.05, 4.69) is 35.6 Å². The first-order valence-corrected chi connectivity index (χ1v) is 23.6. The molecule has 1 saturated heterocycles. The summed E-state index contributed by atoms with van der Waals surface area (Å²) in [6.07, 6.45) is 13.0. The molecular weight excluding hydrogens is 874 g/mol. The highest BCUT2D eigenvalue weighted by Gasteiger charge is 2.34. The number of halogens is 1. The van der Waals surface area contributed by atoms with Gasteiger partial charge >= 0.3 is 5.97 Å². The van der Waals surface area contributed by atoms with Crippen LogP contribution in [-0.2, 0) is 38.8 Å². The molecule has 69 heavy (non-hydrogen) atoms. The number of piperazine rings is 1. The van der Waals surface area contributed by atoms with Crippen LogP contribution in [0.25, 0.3) is 22.2 Å². The number of aryl methyl sites for hydroxylation is 1. The largest absolute Gasteiger partial charge is 0.427 e. The van der Waals surface area contributed by atoms with Crippen molar-refractivity contribution < 1.29 is 32.8 Å². The number of nitrogens with one attached hydrogen (secondary N) is 1. The number of carbonyl (C=O) groups excluding carboxylic acids is 4. The first kappa shape index (κ1) is 54.7. The molecule has 1 unspecified atom stereocenters. The molecule has 6 aromatic rings. The zero-order valence-corrected chi connectivity index (χ0v) is 40.2. The van der Waals surface area contributed by atoms with Crippen LogP contribution in [0.5, 0.6) is 5.75 Å². The number of hydrazine groups is 1. The molecule has 366 valence electrons. The highest BCUT2D eigenvalue weighted by molar-refractivity contribution is 5.88. The minimum absolute atomic E-state index is 0.0601. The summed E-state index contributed by atoms with van der Waals surface area (Å²) in [5.41, 5.74) is 15.1. The summed E-state index contributed by atoms with van der Waals surface area (Å²) in [5, 5.41) is 6.81. The van der Waals surface area contributed by atoms with Crippen LogP contribution in [0.3, 0.4) is 0 Å². The van der Waals surface area contributed by atoms with Crippen molar-refractivity contribution >= 4 is 35.5 Å². The Morgan fingerprint density at radius 3 is 2.25 bits per heavy atom. The Bertz CT molecular complexity index is 2430. The van der Waals surface area contributed by atoms with Crippen LogP contribution in [0, 0.1) is 12.7 Å². The number of esters is 1. The molecule has 14 heteroatoms. The standard InChI is InChI=1S/C33H32FN7O3.C19H30O2.C2H4.CH2O/c34-26-13-11-24(12-14-26)30-16-27(44-38-30)19-40(37-17-23-6-2-1-3-7-23)21-33(43)41-22-32(42)39(20-31(41)35)18-25-8-4-10-29-28(25)9-5-15-36-29;1-3-4-5-6-7-8-9-10-11-12-19(20)21-18-15-13-17(2)14-16-18;2*1-2/h1-16,31,37H,17-22,35H2;13-16H,3-12H2,1-2H3;1-2H2;1H2. The maximum Gasteiger partial charge on any atom is 0.311 e. The quantitative estimate of drug-likeness (QED) is 0.0232. The van der Waals surface area contributed by atoms with Crippen molar-refractivity contribution in [2.45, 2.75) is 104 Å². The number of fused-ring (bicyclic) bond motifs is 1. The Morgan fingerprint density at radius 2 is 1.55 bits per heavy atom. The van der Waals surface area contributed by atoms with Crippen molar-refractivity contribution in [3.8, 4) is 17.0 Å². The second kappa shape index (κ2) is 30.5. The Labute approximate surface area is 406 Å². The number of hydrogen-bond acceptors (Lipinski definition) is 11. The van der Waals surface area contributed by atoms with Crippen LogP contribution in [0.4, 0.5) is 4.39 Å². The molecule has 1 aliphatic heterocycles. The van der Waals surface area contributed by atoms with E-state index in [1.54, 1.807) is 34.3 Å². The number of pyridine rings is 1. The minimum Gasteiger partial charge on any atom is -0.427 e. The number of carbonyl (C=O) groups is 4. The van der Waals surface area contributed by atoms with Crippen molar-refractivity contribution in [1.82, 2.24) is 30.4 Å². The SMILES string of the molecule is C=C.C=O.CCCCCCCCCCCC(=O)Oc1ccc(C)cc1.NC1CN(Cc2cccc3ncccc23)C(=O)CN1C(=O)CN(Cc1cc(-c2ccc(F)cc2)no1)NCc1ccccc1. The molecule has 1 fully saturated rings. The second-order valence-electron chi connectivity index (χ2n) is 16.6. The van der Waals surface area contributed by atoms with Gasteiger partial charge in [-0.25, -0.2) is 14.8 Å². The van der Waals surface area contributed by atoms with Crippen molar-refractivity contribution in [2.24, 2.45) is 5.73 Å². The van der Waals surface area contributed by atoms with Gasteiger partial charge in [-0.2, -0.15) is 0 Å². The number of unbranched alkanes of at least 4 members (excludes halogenated alkanes) is 8. The van der Waals surface area contributed by atoms with Gasteiger partial charge < -0.3 is 29.6 Å².